The van der Waals surface area contributed by atoms with Gasteiger partial charge < -0.3 is 10.1 Å². The first-order valence-corrected chi connectivity index (χ1v) is 6.54. The molecule has 0 spiro atoms. The molecule has 0 bridgehead atoms. The average Bonchev–Trinajstić information content (AvgIpc) is 2.73. The van der Waals surface area contributed by atoms with E-state index in [0.29, 0.717) is 31.9 Å². The highest BCUT2D eigenvalue weighted by atomic mass is 16.6. The number of nitrogens with zero attached hydrogens (tertiary/aromatic N) is 3. The van der Waals surface area contributed by atoms with Gasteiger partial charge in [-0.2, -0.15) is 0 Å². The highest BCUT2D eigenvalue weighted by molar-refractivity contribution is 5.82. The van der Waals surface area contributed by atoms with E-state index in [1.807, 2.05) is 19.9 Å². The van der Waals surface area contributed by atoms with Gasteiger partial charge in [0, 0.05) is 24.4 Å². The van der Waals surface area contributed by atoms with Crippen molar-refractivity contribution in [1.29, 1.82) is 0 Å². The number of aromatic nitrogens is 2. The van der Waals surface area contributed by atoms with E-state index in [4.69, 9.17) is 4.74 Å². The minimum absolute atomic E-state index is 0.0343. The molecule has 0 saturated carbocycles. The van der Waals surface area contributed by atoms with Crippen molar-refractivity contribution >= 4 is 12.0 Å². The third-order valence-corrected chi connectivity index (χ3v) is 2.88. The lowest BCUT2D eigenvalue weighted by molar-refractivity contribution is -0.121. The van der Waals surface area contributed by atoms with Crippen LogP contribution in [-0.2, 0) is 16.0 Å². The number of nitrogens with one attached hydrogen (secondary N) is 1. The van der Waals surface area contributed by atoms with Gasteiger partial charge in [-0.1, -0.05) is 0 Å². The lowest BCUT2D eigenvalue weighted by atomic mass is 10.3. The Kier molecular flexibility index (Phi) is 4.49. The summed E-state index contributed by atoms with van der Waals surface area (Å²) in [4.78, 5) is 32.8. The highest BCUT2D eigenvalue weighted by Crippen LogP contribution is 2.02. The van der Waals surface area contributed by atoms with E-state index in [1.165, 1.54) is 4.90 Å². The van der Waals surface area contributed by atoms with Gasteiger partial charge >= 0.3 is 6.09 Å². The predicted octanol–water partition coefficient (Wildman–Crippen LogP) is 0.204. The second kappa shape index (κ2) is 6.31. The van der Waals surface area contributed by atoms with E-state index < -0.39 is 6.09 Å². The van der Waals surface area contributed by atoms with Crippen LogP contribution >= 0.6 is 0 Å². The summed E-state index contributed by atoms with van der Waals surface area (Å²) in [6.07, 6.45) is 0.136. The molecule has 0 atom stereocenters. The first kappa shape index (κ1) is 14.2. The summed E-state index contributed by atoms with van der Waals surface area (Å²) >= 11 is 0. The third-order valence-electron chi connectivity index (χ3n) is 2.88. The number of carbonyl (C=O) groups is 2. The maximum absolute atomic E-state index is 11.7. The van der Waals surface area contributed by atoms with Crippen LogP contribution in [0.3, 0.4) is 0 Å². The van der Waals surface area contributed by atoms with Gasteiger partial charge in [0.05, 0.1) is 6.54 Å². The van der Waals surface area contributed by atoms with Gasteiger partial charge in [0.1, 0.15) is 19.0 Å². The van der Waals surface area contributed by atoms with E-state index in [1.54, 1.807) is 0 Å². The smallest absolute Gasteiger partial charge is 0.410 e. The molecule has 108 valence electrons. The second-order valence-corrected chi connectivity index (χ2v) is 4.70. The minimum atomic E-state index is -0.433. The van der Waals surface area contributed by atoms with Crippen molar-refractivity contribution in [2.75, 3.05) is 26.2 Å². The second-order valence-electron chi connectivity index (χ2n) is 4.70. The monoisotopic (exact) mass is 278 g/mol. The van der Waals surface area contributed by atoms with Crippen molar-refractivity contribution in [3.05, 3.63) is 23.3 Å². The van der Waals surface area contributed by atoms with Crippen LogP contribution < -0.4 is 5.32 Å². The van der Waals surface area contributed by atoms with Crippen molar-refractivity contribution in [2.24, 2.45) is 0 Å². The van der Waals surface area contributed by atoms with Gasteiger partial charge in [-0.25, -0.2) is 14.8 Å². The fourth-order valence-corrected chi connectivity index (χ4v) is 2.02. The molecule has 1 aliphatic heterocycles. The number of aryl methyl sites for hydroxylation is 2. The molecule has 1 fully saturated rings. The van der Waals surface area contributed by atoms with E-state index in [-0.39, 0.29) is 12.5 Å². The Balaban J connectivity index is 1.75. The lowest BCUT2D eigenvalue weighted by Gasteiger charge is -2.12. The van der Waals surface area contributed by atoms with Crippen LogP contribution in [0.2, 0.25) is 0 Å². The molecule has 1 saturated heterocycles. The largest absolute Gasteiger partial charge is 0.448 e. The molecule has 2 heterocycles. The summed E-state index contributed by atoms with van der Waals surface area (Å²) in [6, 6.07) is 1.90. The Bertz CT molecular complexity index is 498. The zero-order chi connectivity index (χ0) is 14.5. The Morgan fingerprint density at radius 1 is 1.40 bits per heavy atom. The highest BCUT2D eigenvalue weighted by Gasteiger charge is 2.23. The predicted molar refractivity (Wildman–Crippen MR) is 71.1 cm³/mol. The van der Waals surface area contributed by atoms with Crippen LogP contribution in [0.4, 0.5) is 4.79 Å². The number of amides is 2. The molecule has 0 aliphatic carbocycles. The molecular formula is C13H18N4O3. The quantitative estimate of drug-likeness (QED) is 0.832. The van der Waals surface area contributed by atoms with Gasteiger partial charge in [0.25, 0.3) is 0 Å². The van der Waals surface area contributed by atoms with Gasteiger partial charge in [-0.3, -0.25) is 9.69 Å². The minimum Gasteiger partial charge on any atom is -0.448 e. The third kappa shape index (κ3) is 3.91. The number of hydrogen-bond acceptors (Lipinski definition) is 5. The van der Waals surface area contributed by atoms with E-state index >= 15 is 0 Å². The van der Waals surface area contributed by atoms with Gasteiger partial charge in [0.15, 0.2) is 0 Å². The van der Waals surface area contributed by atoms with E-state index in [0.717, 1.165) is 11.4 Å². The molecule has 1 aromatic rings. The lowest BCUT2D eigenvalue weighted by Crippen LogP contribution is -2.38. The summed E-state index contributed by atoms with van der Waals surface area (Å²) in [5.74, 6) is 0.511. The van der Waals surface area contributed by atoms with Crippen LogP contribution in [0, 0.1) is 13.8 Å². The Morgan fingerprint density at radius 2 is 2.10 bits per heavy atom. The fraction of sp³-hybridized carbons (Fsp3) is 0.538. The SMILES string of the molecule is Cc1cc(C)nc(CCNC(=O)CN2CCOC2=O)n1. The normalized spacial score (nSPS) is 14.3. The molecular weight excluding hydrogens is 260 g/mol. The number of rotatable bonds is 5. The molecule has 2 rings (SSSR count). The molecule has 2 amide bonds. The summed E-state index contributed by atoms with van der Waals surface area (Å²) in [5.41, 5.74) is 1.83. The first-order valence-electron chi connectivity index (χ1n) is 6.54. The van der Waals surface area contributed by atoms with Gasteiger partial charge in [0.2, 0.25) is 5.91 Å². The Labute approximate surface area is 117 Å². The maximum Gasteiger partial charge on any atom is 0.410 e. The van der Waals surface area contributed by atoms with Crippen molar-refractivity contribution in [1.82, 2.24) is 20.2 Å². The summed E-state index contributed by atoms with van der Waals surface area (Å²) < 4.78 is 4.75. The molecule has 1 aliphatic rings. The average molecular weight is 278 g/mol. The van der Waals surface area contributed by atoms with E-state index in [9.17, 15) is 9.59 Å². The first-order chi connectivity index (χ1) is 9.54. The Morgan fingerprint density at radius 3 is 2.70 bits per heavy atom. The zero-order valence-electron chi connectivity index (χ0n) is 11.7. The van der Waals surface area contributed by atoms with Crippen molar-refractivity contribution < 1.29 is 14.3 Å². The Hall–Kier alpha value is -2.18. The number of ether oxygens (including phenoxy) is 1. The molecule has 1 N–H and O–H groups in total. The van der Waals surface area contributed by atoms with Gasteiger partial charge in [-0.05, 0) is 19.9 Å². The number of carbonyl (C=O) groups excluding carboxylic acids is 2. The standard InChI is InChI=1S/C13H18N4O3/c1-9-7-10(2)16-11(15-9)3-4-14-12(18)8-17-5-6-20-13(17)19/h7H,3-6,8H2,1-2H3,(H,14,18). The summed E-state index contributed by atoms with van der Waals surface area (Å²) in [6.45, 7) is 5.12. The molecule has 7 nitrogen and oxygen atoms in total. The van der Waals surface area contributed by atoms with Crippen LogP contribution in [0.15, 0.2) is 6.07 Å². The molecule has 0 radical (unpaired) electrons. The number of cyclic esters (lactones) is 1. The fourth-order valence-electron chi connectivity index (χ4n) is 2.02. The molecule has 20 heavy (non-hydrogen) atoms. The van der Waals surface area contributed by atoms with Crippen LogP contribution in [0.1, 0.15) is 17.2 Å². The van der Waals surface area contributed by atoms with Crippen LogP contribution in [0.5, 0.6) is 0 Å². The summed E-state index contributed by atoms with van der Waals surface area (Å²) in [7, 11) is 0. The van der Waals surface area contributed by atoms with Crippen molar-refractivity contribution in [2.45, 2.75) is 20.3 Å². The van der Waals surface area contributed by atoms with Crippen LogP contribution in [-0.4, -0.2) is 53.1 Å². The van der Waals surface area contributed by atoms with Crippen LogP contribution in [0.25, 0.3) is 0 Å². The molecule has 7 heteroatoms. The van der Waals surface area contributed by atoms with Gasteiger partial charge in [-0.15, -0.1) is 0 Å². The van der Waals surface area contributed by atoms with E-state index in [2.05, 4.69) is 15.3 Å². The number of hydrogen-bond donors (Lipinski definition) is 1. The molecule has 0 unspecified atom stereocenters. The molecule has 0 aromatic carbocycles. The zero-order valence-corrected chi connectivity index (χ0v) is 11.7. The van der Waals surface area contributed by atoms with Crippen molar-refractivity contribution in [3.8, 4) is 0 Å². The topological polar surface area (TPSA) is 84.4 Å². The van der Waals surface area contributed by atoms with Crippen molar-refractivity contribution in [3.63, 3.8) is 0 Å². The molecule has 1 aromatic heterocycles. The maximum atomic E-state index is 11.7. The summed E-state index contributed by atoms with van der Waals surface area (Å²) in [5, 5.41) is 2.75.